The first-order valence-corrected chi connectivity index (χ1v) is 10.9. The Morgan fingerprint density at radius 1 is 1.33 bits per heavy atom. The van der Waals surface area contributed by atoms with E-state index in [2.05, 4.69) is 20.4 Å². The van der Waals surface area contributed by atoms with Crippen LogP contribution in [-0.2, 0) is 13.1 Å². The van der Waals surface area contributed by atoms with Crippen molar-refractivity contribution in [2.24, 2.45) is 0 Å². The highest BCUT2D eigenvalue weighted by molar-refractivity contribution is 7.13. The lowest BCUT2D eigenvalue weighted by Gasteiger charge is -2.14. The Bertz CT molecular complexity index is 1370. The number of rotatable bonds is 7. The number of ether oxygens (including phenoxy) is 1. The average Bonchev–Trinajstić information content (AvgIpc) is 3.43. The standard InChI is InChI=1S/C21H18ClFN6O3S/c1-12-9-13(17-16(32-2)4-3-15(22)18(17)23)14(10-25-12)19(30)26-20-27-29(21(31)33-20)8-7-28-6-5-24-11-28/h3-6,9-11H,7-8H2,1-2H3,(H,26,27,30). The number of benzene rings is 1. The van der Waals surface area contributed by atoms with E-state index in [1.807, 2.05) is 0 Å². The number of hydrogen-bond donors (Lipinski definition) is 1. The molecule has 0 aliphatic carbocycles. The largest absolute Gasteiger partial charge is 0.496 e. The van der Waals surface area contributed by atoms with Gasteiger partial charge in [0.15, 0.2) is 5.82 Å². The number of anilines is 1. The molecule has 170 valence electrons. The van der Waals surface area contributed by atoms with Crippen LogP contribution in [0.2, 0.25) is 5.02 Å². The maximum atomic E-state index is 15.0. The highest BCUT2D eigenvalue weighted by Crippen LogP contribution is 2.38. The Hall–Kier alpha value is -3.57. The number of carbonyl (C=O) groups excluding carboxylic acids is 1. The smallest absolute Gasteiger partial charge is 0.326 e. The predicted octanol–water partition coefficient (Wildman–Crippen LogP) is 3.63. The molecule has 0 aliphatic heterocycles. The van der Waals surface area contributed by atoms with Gasteiger partial charge < -0.3 is 9.30 Å². The number of hydrogen-bond acceptors (Lipinski definition) is 7. The number of aromatic nitrogens is 5. The first-order chi connectivity index (χ1) is 15.9. The molecule has 0 saturated carbocycles. The first kappa shape index (κ1) is 22.6. The summed E-state index contributed by atoms with van der Waals surface area (Å²) in [4.78, 5) is 33.1. The SMILES string of the molecule is COc1ccc(Cl)c(F)c1-c1cc(C)ncc1C(=O)Nc1nn(CCn2ccnc2)c(=O)s1. The van der Waals surface area contributed by atoms with Crippen molar-refractivity contribution in [2.45, 2.75) is 20.0 Å². The molecule has 4 rings (SSSR count). The van der Waals surface area contributed by atoms with Crippen LogP contribution in [0.5, 0.6) is 5.75 Å². The monoisotopic (exact) mass is 488 g/mol. The van der Waals surface area contributed by atoms with Gasteiger partial charge in [-0.2, -0.15) is 0 Å². The minimum Gasteiger partial charge on any atom is -0.496 e. The Morgan fingerprint density at radius 3 is 2.88 bits per heavy atom. The molecule has 1 aromatic carbocycles. The first-order valence-electron chi connectivity index (χ1n) is 9.71. The summed E-state index contributed by atoms with van der Waals surface area (Å²) in [5.41, 5.74) is 0.938. The van der Waals surface area contributed by atoms with Crippen LogP contribution in [0, 0.1) is 12.7 Å². The summed E-state index contributed by atoms with van der Waals surface area (Å²) in [5, 5.41) is 6.78. The molecule has 9 nitrogen and oxygen atoms in total. The van der Waals surface area contributed by atoms with E-state index in [4.69, 9.17) is 16.3 Å². The van der Waals surface area contributed by atoms with Crippen LogP contribution >= 0.6 is 22.9 Å². The van der Waals surface area contributed by atoms with Gasteiger partial charge in [-0.25, -0.2) is 14.1 Å². The van der Waals surface area contributed by atoms with Gasteiger partial charge in [0.2, 0.25) is 5.13 Å². The quantitative estimate of drug-likeness (QED) is 0.426. The van der Waals surface area contributed by atoms with E-state index in [-0.39, 0.29) is 37.5 Å². The Morgan fingerprint density at radius 2 is 2.15 bits per heavy atom. The summed E-state index contributed by atoms with van der Waals surface area (Å²) in [5.74, 6) is -1.11. The lowest BCUT2D eigenvalue weighted by Crippen LogP contribution is -2.18. The van der Waals surface area contributed by atoms with Crippen LogP contribution in [0.15, 0.2) is 47.9 Å². The van der Waals surface area contributed by atoms with Crippen LogP contribution in [0.25, 0.3) is 11.1 Å². The molecule has 0 unspecified atom stereocenters. The van der Waals surface area contributed by atoms with Crippen LogP contribution in [0.4, 0.5) is 9.52 Å². The van der Waals surface area contributed by atoms with E-state index in [9.17, 15) is 14.0 Å². The fourth-order valence-electron chi connectivity index (χ4n) is 3.19. The van der Waals surface area contributed by atoms with Gasteiger partial charge in [0.05, 0.1) is 36.1 Å². The summed E-state index contributed by atoms with van der Waals surface area (Å²) < 4.78 is 23.3. The van der Waals surface area contributed by atoms with Crippen LogP contribution in [0.3, 0.4) is 0 Å². The van der Waals surface area contributed by atoms with Gasteiger partial charge in [0, 0.05) is 36.4 Å². The van der Waals surface area contributed by atoms with Gasteiger partial charge in [-0.1, -0.05) is 11.6 Å². The van der Waals surface area contributed by atoms with Gasteiger partial charge in [0.1, 0.15) is 5.75 Å². The molecule has 0 fully saturated rings. The van der Waals surface area contributed by atoms with Crippen molar-refractivity contribution in [3.63, 3.8) is 0 Å². The van der Waals surface area contributed by atoms with Crippen molar-refractivity contribution in [3.05, 3.63) is 74.9 Å². The fraction of sp³-hybridized carbons (Fsp3) is 0.190. The van der Waals surface area contributed by atoms with Gasteiger partial charge in [-0.3, -0.25) is 19.9 Å². The highest BCUT2D eigenvalue weighted by Gasteiger charge is 2.23. The zero-order chi connectivity index (χ0) is 23.5. The molecule has 4 aromatic rings. The van der Waals surface area contributed by atoms with Gasteiger partial charge in [0.25, 0.3) is 5.91 Å². The molecular formula is C21H18ClFN6O3S. The summed E-state index contributed by atoms with van der Waals surface area (Å²) in [6.45, 7) is 2.52. The zero-order valence-corrected chi connectivity index (χ0v) is 19.2. The number of amides is 1. The number of carbonyl (C=O) groups is 1. The molecule has 1 amide bonds. The molecule has 3 aromatic heterocycles. The van der Waals surface area contributed by atoms with E-state index in [0.717, 1.165) is 11.3 Å². The summed E-state index contributed by atoms with van der Waals surface area (Å²) in [7, 11) is 1.40. The predicted molar refractivity (Wildman–Crippen MR) is 122 cm³/mol. The van der Waals surface area contributed by atoms with Crippen molar-refractivity contribution in [1.82, 2.24) is 24.3 Å². The molecule has 33 heavy (non-hydrogen) atoms. The molecule has 0 radical (unpaired) electrons. The third kappa shape index (κ3) is 4.78. The molecule has 0 bridgehead atoms. The number of aryl methyl sites for hydroxylation is 3. The second-order valence-corrected chi connectivity index (χ2v) is 8.31. The van der Waals surface area contributed by atoms with E-state index < -0.39 is 11.7 Å². The number of pyridine rings is 1. The van der Waals surface area contributed by atoms with E-state index in [1.165, 1.54) is 30.1 Å². The van der Waals surface area contributed by atoms with Crippen molar-refractivity contribution >= 4 is 34.0 Å². The molecule has 0 spiro atoms. The summed E-state index contributed by atoms with van der Waals surface area (Å²) >= 11 is 6.77. The lowest BCUT2D eigenvalue weighted by atomic mass is 9.98. The number of imidazole rings is 1. The number of halogens is 2. The fourth-order valence-corrected chi connectivity index (χ4v) is 4.04. The third-order valence-corrected chi connectivity index (χ3v) is 5.84. The normalized spacial score (nSPS) is 10.9. The number of nitrogens with one attached hydrogen (secondary N) is 1. The average molecular weight is 489 g/mol. The third-order valence-electron chi connectivity index (χ3n) is 4.79. The van der Waals surface area contributed by atoms with Gasteiger partial charge in [-0.05, 0) is 36.5 Å². The van der Waals surface area contributed by atoms with Crippen molar-refractivity contribution in [3.8, 4) is 16.9 Å². The Balaban J connectivity index is 1.64. The number of nitrogens with zero attached hydrogens (tertiary/aromatic N) is 5. The summed E-state index contributed by atoms with van der Waals surface area (Å²) in [6.07, 6.45) is 6.38. The zero-order valence-electron chi connectivity index (χ0n) is 17.6. The maximum absolute atomic E-state index is 15.0. The molecular weight excluding hydrogens is 471 g/mol. The maximum Gasteiger partial charge on any atom is 0.326 e. The number of methoxy groups -OCH3 is 1. The van der Waals surface area contributed by atoms with Gasteiger partial charge >= 0.3 is 4.87 Å². The molecule has 12 heteroatoms. The highest BCUT2D eigenvalue weighted by atomic mass is 35.5. The Kier molecular flexibility index (Phi) is 6.52. The summed E-state index contributed by atoms with van der Waals surface area (Å²) in [6, 6.07) is 4.46. The van der Waals surface area contributed by atoms with E-state index >= 15 is 0 Å². The lowest BCUT2D eigenvalue weighted by molar-refractivity contribution is 0.102. The van der Waals surface area contributed by atoms with Gasteiger partial charge in [-0.15, -0.1) is 5.10 Å². The van der Waals surface area contributed by atoms with Crippen LogP contribution in [0.1, 0.15) is 16.1 Å². The molecule has 1 N–H and O–H groups in total. The Labute approximate surface area is 196 Å². The van der Waals surface area contributed by atoms with E-state index in [0.29, 0.717) is 18.8 Å². The second kappa shape index (κ2) is 9.51. The topological polar surface area (TPSA) is 104 Å². The molecule has 0 atom stereocenters. The van der Waals surface area contributed by atoms with Crippen LogP contribution in [-0.4, -0.2) is 37.3 Å². The minimum absolute atomic E-state index is 0.0414. The van der Waals surface area contributed by atoms with Crippen molar-refractivity contribution < 1.29 is 13.9 Å². The van der Waals surface area contributed by atoms with E-state index in [1.54, 1.807) is 36.3 Å². The minimum atomic E-state index is -0.718. The molecule has 3 heterocycles. The molecule has 0 saturated heterocycles. The van der Waals surface area contributed by atoms with Crippen molar-refractivity contribution in [2.75, 3.05) is 12.4 Å². The second-order valence-electron chi connectivity index (χ2n) is 6.96. The van der Waals surface area contributed by atoms with Crippen LogP contribution < -0.4 is 14.9 Å². The molecule has 0 aliphatic rings. The van der Waals surface area contributed by atoms with Crippen molar-refractivity contribution in [1.29, 1.82) is 0 Å².